The van der Waals surface area contributed by atoms with Gasteiger partial charge in [0.05, 0.1) is 55.6 Å². The van der Waals surface area contributed by atoms with Gasteiger partial charge in [-0.25, -0.2) is 0 Å². The van der Waals surface area contributed by atoms with Crippen molar-refractivity contribution in [3.63, 3.8) is 0 Å². The lowest BCUT2D eigenvalue weighted by atomic mass is 9.77. The number of methoxy groups -OCH3 is 1. The maximum absolute atomic E-state index is 14.2. The smallest absolute Gasteiger partial charge is 0.311 e. The molecule has 3 aliphatic heterocycles. The number of aliphatic hydroxyl groups excluding tert-OH is 3. The topological polar surface area (TPSA) is 200 Å². The molecule has 0 aromatic carbocycles. The van der Waals surface area contributed by atoms with Crippen LogP contribution in [0.5, 0.6) is 0 Å². The van der Waals surface area contributed by atoms with Gasteiger partial charge >= 0.3 is 5.97 Å². The van der Waals surface area contributed by atoms with E-state index in [1.807, 2.05) is 18.9 Å². The minimum Gasteiger partial charge on any atom is -0.633 e. The van der Waals surface area contributed by atoms with Gasteiger partial charge in [-0.1, -0.05) is 20.8 Å². The zero-order chi connectivity index (χ0) is 40.6. The first kappa shape index (κ1) is 46.3. The Balaban J connectivity index is 2.19. The average Bonchev–Trinajstić information content (AvgIpc) is 3.05. The number of carbonyl (C=O) groups is 1. The Morgan fingerprint density at radius 1 is 0.962 bits per heavy atom. The maximum Gasteiger partial charge on any atom is 0.311 e. The molecule has 0 aromatic heterocycles. The molecule has 3 heterocycles. The van der Waals surface area contributed by atoms with Crippen molar-refractivity contribution in [2.45, 2.75) is 185 Å². The molecule has 3 saturated heterocycles. The Morgan fingerprint density at radius 2 is 1.57 bits per heavy atom. The second-order valence-corrected chi connectivity index (χ2v) is 17.6. The molecule has 53 heavy (non-hydrogen) atoms. The first-order chi connectivity index (χ1) is 24.2. The average molecular weight is 765 g/mol. The largest absolute Gasteiger partial charge is 0.633 e. The molecular weight excluding hydrogens is 692 g/mol. The first-order valence-corrected chi connectivity index (χ1v) is 19.3. The molecule has 5 N–H and O–H groups in total. The second-order valence-electron chi connectivity index (χ2n) is 17.6. The van der Waals surface area contributed by atoms with Crippen LogP contribution in [0.1, 0.15) is 94.9 Å². The van der Waals surface area contributed by atoms with E-state index >= 15 is 0 Å². The van der Waals surface area contributed by atoms with Crippen LogP contribution >= 0.6 is 0 Å². The molecule has 0 radical (unpaired) electrons. The summed E-state index contributed by atoms with van der Waals surface area (Å²) in [6.45, 7) is 17.6. The zero-order valence-corrected chi connectivity index (χ0v) is 34.6. The number of hydrogen-bond donors (Lipinski definition) is 5. The summed E-state index contributed by atoms with van der Waals surface area (Å²) >= 11 is 0. The molecule has 0 amide bonds. The van der Waals surface area contributed by atoms with E-state index in [2.05, 4.69) is 0 Å². The molecule has 15 heteroatoms. The number of carbonyl (C=O) groups excluding carboxylic acids is 1. The molecule has 0 spiro atoms. The second kappa shape index (κ2) is 17.6. The molecule has 18 atom stereocenters. The van der Waals surface area contributed by atoms with Crippen molar-refractivity contribution in [1.29, 1.82) is 0 Å². The third-order valence-electron chi connectivity index (χ3n) is 12.3. The molecule has 1 unspecified atom stereocenters. The van der Waals surface area contributed by atoms with E-state index in [9.17, 15) is 35.5 Å². The van der Waals surface area contributed by atoms with Gasteiger partial charge in [0, 0.05) is 38.5 Å². The fraction of sp³-hybridized carbons (Fsp3) is 0.974. The van der Waals surface area contributed by atoms with E-state index in [-0.39, 0.29) is 25.2 Å². The van der Waals surface area contributed by atoms with E-state index < -0.39 is 113 Å². The van der Waals surface area contributed by atoms with Crippen molar-refractivity contribution >= 4 is 5.97 Å². The number of quaternary nitrogens is 1. The third-order valence-corrected chi connectivity index (χ3v) is 12.3. The summed E-state index contributed by atoms with van der Waals surface area (Å²) in [5.41, 5.74) is -4.51. The first-order valence-electron chi connectivity index (χ1n) is 19.3. The molecule has 312 valence electrons. The number of cyclic esters (lactones) is 1. The molecule has 3 aliphatic rings. The van der Waals surface area contributed by atoms with E-state index in [0.29, 0.717) is 13.0 Å². The number of aliphatic hydroxyl groups is 5. The van der Waals surface area contributed by atoms with E-state index in [0.717, 1.165) is 0 Å². The molecule has 3 fully saturated rings. The van der Waals surface area contributed by atoms with Crippen molar-refractivity contribution in [3.05, 3.63) is 5.21 Å². The molecule has 0 aromatic rings. The lowest BCUT2D eigenvalue weighted by Gasteiger charge is -2.51. The Kier molecular flexibility index (Phi) is 15.4. The predicted octanol–water partition coefficient (Wildman–Crippen LogP) is 1.91. The number of hydrogen-bond acceptors (Lipinski definition) is 14. The minimum atomic E-state index is -1.83. The number of rotatable bonds is 7. The van der Waals surface area contributed by atoms with Gasteiger partial charge in [0.2, 0.25) is 0 Å². The Hall–Kier alpha value is -1.05. The van der Waals surface area contributed by atoms with Crippen LogP contribution in [0.15, 0.2) is 0 Å². The van der Waals surface area contributed by atoms with Crippen LogP contribution in [0.25, 0.3) is 0 Å². The van der Waals surface area contributed by atoms with Crippen molar-refractivity contribution in [1.82, 2.24) is 4.90 Å². The number of nitrogens with zero attached hydrogens (tertiary/aromatic N) is 2. The quantitative estimate of drug-likeness (QED) is 0.143. The monoisotopic (exact) mass is 765 g/mol. The highest BCUT2D eigenvalue weighted by molar-refractivity contribution is 5.73. The molecule has 0 bridgehead atoms. The van der Waals surface area contributed by atoms with Crippen molar-refractivity contribution in [2.24, 2.45) is 17.8 Å². The van der Waals surface area contributed by atoms with Crippen LogP contribution in [0.3, 0.4) is 0 Å². The third kappa shape index (κ3) is 10.5. The number of hydroxylamine groups is 3. The molecule has 3 rings (SSSR count). The van der Waals surface area contributed by atoms with Gasteiger partial charge in [0.1, 0.15) is 30.0 Å². The predicted molar refractivity (Wildman–Crippen MR) is 196 cm³/mol. The van der Waals surface area contributed by atoms with E-state index in [4.69, 9.17) is 28.4 Å². The molecule has 0 aliphatic carbocycles. The van der Waals surface area contributed by atoms with E-state index in [1.165, 1.54) is 28.1 Å². The van der Waals surface area contributed by atoms with Crippen LogP contribution < -0.4 is 0 Å². The lowest BCUT2D eigenvalue weighted by molar-refractivity contribution is -0.874. The summed E-state index contributed by atoms with van der Waals surface area (Å²) in [6, 6.07) is -1.34. The number of esters is 1. The summed E-state index contributed by atoms with van der Waals surface area (Å²) in [5.74, 6) is -2.80. The van der Waals surface area contributed by atoms with Gasteiger partial charge in [0.15, 0.2) is 18.7 Å². The highest BCUT2D eigenvalue weighted by atomic mass is 16.7. The van der Waals surface area contributed by atoms with Gasteiger partial charge in [-0.15, -0.1) is 0 Å². The van der Waals surface area contributed by atoms with Gasteiger partial charge in [-0.3, -0.25) is 4.79 Å². The molecular formula is C38H72N2O13. The van der Waals surface area contributed by atoms with Crippen molar-refractivity contribution in [2.75, 3.05) is 34.8 Å². The summed E-state index contributed by atoms with van der Waals surface area (Å²) in [4.78, 5) is 16.1. The van der Waals surface area contributed by atoms with Gasteiger partial charge < -0.3 is 68.7 Å². The lowest BCUT2D eigenvalue weighted by Crippen LogP contribution is -2.62. The normalized spacial score (nSPS) is 49.1. The highest BCUT2D eigenvalue weighted by Gasteiger charge is 2.53. The van der Waals surface area contributed by atoms with Crippen molar-refractivity contribution < 1.29 is 63.4 Å². The molecule has 0 saturated carbocycles. The van der Waals surface area contributed by atoms with Gasteiger partial charge in [-0.05, 0) is 74.3 Å². The SMILES string of the molecule is CCC1OC(=O)[C@H](C)[C@@H](O[C@H]2C[C@@](C)(OC)[C@@H](O)[C@H](C)O2)[C@H](C)[C@@H](O[C@@H]2O[C@H](C)C[C@H]([N+](C)(C)[O-])[C@H]2O)[C@](C)(O)C[C@@H](C)CN(C)[C@H](C)[C@@H](O)[C@]1(C)O. The standard InChI is InChI=1S/C38H72N2O13/c1-15-27-38(10,46)31(42)24(6)39(11)19-20(2)17-36(8,45)33(53-35-29(41)26(40(12,13)47)16-21(3)49-35)22(4)30(23(5)34(44)51-27)52-28-18-37(9,48-14)32(43)25(7)50-28/h20-33,35,41-43,45-46H,15-19H2,1-14H3/t20-,21-,22+,23-,24-,25+,26+,27?,28+,29-,30+,31-,32+,33-,35+,36-,37-,38-/m1/s1. The zero-order valence-electron chi connectivity index (χ0n) is 34.6. The summed E-state index contributed by atoms with van der Waals surface area (Å²) in [6.07, 6.45) is -9.60. The summed E-state index contributed by atoms with van der Waals surface area (Å²) < 4.78 is 36.5. The van der Waals surface area contributed by atoms with Crippen LogP contribution in [0.2, 0.25) is 0 Å². The maximum atomic E-state index is 14.2. The molecule has 15 nitrogen and oxygen atoms in total. The summed E-state index contributed by atoms with van der Waals surface area (Å²) in [7, 11) is 6.21. The van der Waals surface area contributed by atoms with Gasteiger partial charge in [0.25, 0.3) is 0 Å². The Labute approximate surface area is 317 Å². The Bertz CT molecular complexity index is 1190. The highest BCUT2D eigenvalue weighted by Crippen LogP contribution is 2.40. The number of ether oxygens (including phenoxy) is 6. The summed E-state index contributed by atoms with van der Waals surface area (Å²) in [5, 5.41) is 71.3. The van der Waals surface area contributed by atoms with Crippen LogP contribution in [-0.2, 0) is 33.2 Å². The Morgan fingerprint density at radius 3 is 2.11 bits per heavy atom. The van der Waals surface area contributed by atoms with Gasteiger partial charge in [-0.2, -0.15) is 0 Å². The van der Waals surface area contributed by atoms with E-state index in [1.54, 1.807) is 55.4 Å². The number of likely N-dealkylation sites (N-methyl/N-ethyl adjacent to an activating group) is 2. The van der Waals surface area contributed by atoms with Crippen LogP contribution in [-0.4, -0.2) is 166 Å². The van der Waals surface area contributed by atoms with Crippen molar-refractivity contribution in [3.8, 4) is 0 Å². The fourth-order valence-corrected chi connectivity index (χ4v) is 8.84. The fourth-order valence-electron chi connectivity index (χ4n) is 8.84. The van der Waals surface area contributed by atoms with Crippen LogP contribution in [0.4, 0.5) is 0 Å². The minimum absolute atomic E-state index is 0.0990. The van der Waals surface area contributed by atoms with Crippen LogP contribution in [0, 0.1) is 23.0 Å².